The van der Waals surface area contributed by atoms with Crippen molar-refractivity contribution in [1.29, 1.82) is 0 Å². The highest BCUT2D eigenvalue weighted by Gasteiger charge is 2.34. The van der Waals surface area contributed by atoms with Crippen LogP contribution in [-0.4, -0.2) is 37.2 Å². The molecule has 0 heterocycles. The van der Waals surface area contributed by atoms with E-state index in [4.69, 9.17) is 20.3 Å². The molecule has 3 N–H and O–H groups in total. The number of nitrogens with two attached hydrogens (primary N) is 1. The third-order valence-corrected chi connectivity index (χ3v) is 4.52. The van der Waals surface area contributed by atoms with Crippen LogP contribution in [0, 0.1) is 5.82 Å². The highest BCUT2D eigenvalue weighted by atomic mass is 32.1. The van der Waals surface area contributed by atoms with Gasteiger partial charge in [-0.1, -0.05) is 6.07 Å². The first-order chi connectivity index (χ1) is 15.2. The van der Waals surface area contributed by atoms with Gasteiger partial charge in [0.15, 0.2) is 0 Å². The van der Waals surface area contributed by atoms with E-state index in [1.54, 1.807) is 0 Å². The maximum absolute atomic E-state index is 13.5. The minimum Gasteiger partial charge on any atom is -0.494 e. The highest BCUT2D eigenvalue weighted by molar-refractivity contribution is 7.90. The normalized spacial score (nSPS) is 13.4. The number of aliphatic hydroxyl groups is 1. The lowest BCUT2D eigenvalue weighted by Gasteiger charge is -2.15. The highest BCUT2D eigenvalue weighted by Crippen LogP contribution is 2.38. The number of benzene rings is 2. The van der Waals surface area contributed by atoms with Crippen LogP contribution in [0.4, 0.5) is 17.6 Å². The predicted octanol–water partition coefficient (Wildman–Crippen LogP) is 4.70. The molecule has 0 saturated heterocycles. The first kappa shape index (κ1) is 25.7. The van der Waals surface area contributed by atoms with Crippen molar-refractivity contribution in [2.45, 2.75) is 25.1 Å². The summed E-state index contributed by atoms with van der Waals surface area (Å²) in [5.74, 6) is -0.135. The number of ether oxygens (including phenoxy) is 2. The van der Waals surface area contributed by atoms with Crippen LogP contribution in [-0.2, 0) is 6.18 Å². The molecule has 0 aliphatic heterocycles. The Labute approximate surface area is 189 Å². The van der Waals surface area contributed by atoms with Crippen molar-refractivity contribution in [1.82, 2.24) is 0 Å². The van der Waals surface area contributed by atoms with Gasteiger partial charge in [-0.3, -0.25) is 4.99 Å². The number of hydrogen-bond acceptors (Lipinski definition) is 6. The molecule has 0 spiro atoms. The molecule has 0 amide bonds. The minimum absolute atomic E-state index is 0.0715. The molecule has 10 heteroatoms. The third-order valence-electron chi connectivity index (χ3n) is 4.14. The Morgan fingerprint density at radius 3 is 2.38 bits per heavy atom. The van der Waals surface area contributed by atoms with E-state index in [0.29, 0.717) is 25.2 Å². The van der Waals surface area contributed by atoms with Gasteiger partial charge in [0.25, 0.3) is 0 Å². The number of aliphatic hydroxyl groups excluding tert-OH is 1. The van der Waals surface area contributed by atoms with Crippen molar-refractivity contribution in [3.8, 4) is 11.5 Å². The van der Waals surface area contributed by atoms with Crippen molar-refractivity contribution >= 4 is 23.7 Å². The van der Waals surface area contributed by atoms with Crippen LogP contribution in [0.1, 0.15) is 24.0 Å². The van der Waals surface area contributed by atoms with Crippen LogP contribution in [0.15, 0.2) is 53.7 Å². The van der Waals surface area contributed by atoms with Crippen molar-refractivity contribution in [2.75, 3.05) is 19.8 Å². The predicted molar refractivity (Wildman–Crippen MR) is 119 cm³/mol. The van der Waals surface area contributed by atoms with Crippen LogP contribution in [0.3, 0.4) is 0 Å². The van der Waals surface area contributed by atoms with E-state index in [0.717, 1.165) is 6.07 Å². The second-order valence-corrected chi connectivity index (χ2v) is 7.21. The molecule has 1 unspecified atom stereocenters. The zero-order valence-electron chi connectivity index (χ0n) is 17.1. The molecule has 32 heavy (non-hydrogen) atoms. The van der Waals surface area contributed by atoms with Crippen molar-refractivity contribution in [3.05, 3.63) is 65.6 Å². The van der Waals surface area contributed by atoms with Crippen LogP contribution < -0.4 is 15.2 Å². The number of unbranched alkanes of at least 4 members (excludes halogenated alkanes) is 1. The maximum Gasteiger partial charge on any atom is 0.419 e. The van der Waals surface area contributed by atoms with Crippen LogP contribution in [0.2, 0.25) is 0 Å². The molecule has 0 fully saturated rings. The molecule has 1 atom stereocenters. The number of alkyl halides is 3. The van der Waals surface area contributed by atoms with Crippen molar-refractivity contribution in [2.24, 2.45) is 10.7 Å². The Balaban J connectivity index is 1.93. The van der Waals surface area contributed by atoms with Gasteiger partial charge in [0.05, 0.1) is 31.4 Å². The van der Waals surface area contributed by atoms with E-state index in [9.17, 15) is 17.6 Å². The van der Waals surface area contributed by atoms with E-state index in [2.05, 4.69) is 17.6 Å². The zero-order valence-corrected chi connectivity index (χ0v) is 18.0. The number of rotatable bonds is 11. The van der Waals surface area contributed by atoms with E-state index in [-0.39, 0.29) is 35.2 Å². The van der Waals surface area contributed by atoms with Gasteiger partial charge in [0, 0.05) is 17.3 Å². The molecule has 174 valence electrons. The van der Waals surface area contributed by atoms with Gasteiger partial charge in [-0.15, -0.1) is 12.6 Å². The molecule has 0 aliphatic rings. The molecular formula is C22H24F4N2O3S. The topological polar surface area (TPSA) is 77.1 Å². The van der Waals surface area contributed by atoms with Gasteiger partial charge in [-0.2, -0.15) is 13.2 Å². The zero-order chi connectivity index (χ0) is 23.6. The average molecular weight is 473 g/mol. The van der Waals surface area contributed by atoms with Gasteiger partial charge in [0.2, 0.25) is 0 Å². The third kappa shape index (κ3) is 8.52. The van der Waals surface area contributed by atoms with Crippen molar-refractivity contribution < 1.29 is 32.1 Å². The molecule has 0 aliphatic carbocycles. The van der Waals surface area contributed by atoms with Gasteiger partial charge in [-0.05, 0) is 54.8 Å². The maximum atomic E-state index is 13.5. The lowest BCUT2D eigenvalue weighted by molar-refractivity contribution is -0.139. The van der Waals surface area contributed by atoms with Crippen LogP contribution in [0.5, 0.6) is 11.5 Å². The van der Waals surface area contributed by atoms with E-state index < -0.39 is 17.8 Å². The number of nitrogens with zero attached hydrogens (tertiary/aromatic N) is 1. The smallest absolute Gasteiger partial charge is 0.419 e. The second-order valence-electron chi connectivity index (χ2n) is 6.73. The minimum atomic E-state index is -4.62. The Bertz CT molecular complexity index is 918. The summed E-state index contributed by atoms with van der Waals surface area (Å²) in [5, 5.41) is 8.84. The van der Waals surface area contributed by atoms with Gasteiger partial charge in [-0.25, -0.2) is 4.39 Å². The summed E-state index contributed by atoms with van der Waals surface area (Å²) in [5.41, 5.74) is 4.75. The first-order valence-electron chi connectivity index (χ1n) is 9.72. The SMILES string of the molecule is NC(C=N/C=C(\S)c1ccc(OCCCCOc2ccc(F)cc2)c(C(F)(F)F)c1)CO. The molecule has 5 nitrogen and oxygen atoms in total. The molecular weight excluding hydrogens is 448 g/mol. The van der Waals surface area contributed by atoms with E-state index in [1.807, 2.05) is 0 Å². The largest absolute Gasteiger partial charge is 0.494 e. The van der Waals surface area contributed by atoms with E-state index in [1.165, 1.54) is 48.8 Å². The number of halogens is 4. The Morgan fingerprint density at radius 2 is 1.75 bits per heavy atom. The lowest BCUT2D eigenvalue weighted by Crippen LogP contribution is -2.25. The van der Waals surface area contributed by atoms with Crippen LogP contribution in [0.25, 0.3) is 4.91 Å². The molecule has 2 aromatic carbocycles. The summed E-state index contributed by atoms with van der Waals surface area (Å²) >= 11 is 4.17. The lowest BCUT2D eigenvalue weighted by atomic mass is 10.1. The quantitative estimate of drug-likeness (QED) is 0.192. The summed E-state index contributed by atoms with van der Waals surface area (Å²) in [6, 6.07) is 8.51. The fourth-order valence-corrected chi connectivity index (χ4v) is 2.70. The summed E-state index contributed by atoms with van der Waals surface area (Å²) in [4.78, 5) is 4.04. The summed E-state index contributed by atoms with van der Waals surface area (Å²) in [6.07, 6.45) is -1.09. The summed E-state index contributed by atoms with van der Waals surface area (Å²) in [6.45, 7) is 0.0955. The Morgan fingerprint density at radius 1 is 1.09 bits per heavy atom. The fraction of sp³-hybridized carbons (Fsp3) is 0.318. The Hall–Kier alpha value is -2.56. The number of hydrogen-bond donors (Lipinski definition) is 3. The van der Waals surface area contributed by atoms with Gasteiger partial charge < -0.3 is 20.3 Å². The number of thiol groups is 1. The number of aliphatic imine (C=N–C) groups is 1. The standard InChI is InChI=1S/C22H24F4N2O3S/c23-16-4-6-18(7-5-16)30-9-1-2-10-31-20-8-3-15(11-19(20)22(24,25)26)21(32)13-28-12-17(27)14-29/h3-8,11-13,17,29,32H,1-2,9-10,14,27H2/b21-13-,28-12?. The molecule has 0 radical (unpaired) electrons. The molecule has 2 aromatic rings. The average Bonchev–Trinajstić information content (AvgIpc) is 2.76. The fourth-order valence-electron chi connectivity index (χ4n) is 2.49. The summed E-state index contributed by atoms with van der Waals surface area (Å²) in [7, 11) is 0. The summed E-state index contributed by atoms with van der Waals surface area (Å²) < 4.78 is 64.1. The van der Waals surface area contributed by atoms with Crippen molar-refractivity contribution in [3.63, 3.8) is 0 Å². The molecule has 2 rings (SSSR count). The molecule has 0 aromatic heterocycles. The monoisotopic (exact) mass is 472 g/mol. The molecule has 0 saturated carbocycles. The van der Waals surface area contributed by atoms with Gasteiger partial charge in [0.1, 0.15) is 17.3 Å². The van der Waals surface area contributed by atoms with Gasteiger partial charge >= 0.3 is 6.18 Å². The Kier molecular flexibility index (Phi) is 10.0. The molecule has 0 bridgehead atoms. The first-order valence-corrected chi connectivity index (χ1v) is 10.2. The second kappa shape index (κ2) is 12.5. The van der Waals surface area contributed by atoms with E-state index >= 15 is 0 Å². The van der Waals surface area contributed by atoms with Crippen LogP contribution >= 0.6 is 12.6 Å².